The van der Waals surface area contributed by atoms with Crippen LogP contribution in [0.25, 0.3) is 0 Å². The average molecular weight is 314 g/mol. The highest BCUT2D eigenvalue weighted by Gasteiger charge is 2.45. The molecule has 1 heteroatoms. The van der Waals surface area contributed by atoms with E-state index in [2.05, 4.69) is 71.3 Å². The second kappa shape index (κ2) is 5.26. The van der Waals surface area contributed by atoms with Gasteiger partial charge in [-0.25, -0.2) is 0 Å². The molecule has 0 aromatic rings. The third-order valence-corrected chi connectivity index (χ3v) is 7.28. The summed E-state index contributed by atoms with van der Waals surface area (Å²) in [5.74, 6) is 0. The second-order valence-corrected chi connectivity index (χ2v) is 9.86. The lowest BCUT2D eigenvalue weighted by atomic mass is 9.61. The molecule has 3 rings (SSSR count). The molecule has 0 bridgehead atoms. The summed E-state index contributed by atoms with van der Waals surface area (Å²) in [5, 5.41) is 3.81. The maximum Gasteiger partial charge on any atom is 0.0428 e. The SMILES string of the molecule is CC1(C)CCC(C)(C)C2=C1/C=C/NC1(C)CCCCC1(C)/C=C/2. The van der Waals surface area contributed by atoms with E-state index in [-0.39, 0.29) is 21.8 Å². The number of hydrogen-bond donors (Lipinski definition) is 1. The van der Waals surface area contributed by atoms with Crippen molar-refractivity contribution >= 4 is 0 Å². The van der Waals surface area contributed by atoms with Gasteiger partial charge >= 0.3 is 0 Å². The first-order valence-electron chi connectivity index (χ1n) is 9.49. The van der Waals surface area contributed by atoms with Crippen molar-refractivity contribution in [3.63, 3.8) is 0 Å². The lowest BCUT2D eigenvalue weighted by Gasteiger charge is -2.49. The van der Waals surface area contributed by atoms with Gasteiger partial charge in [-0.15, -0.1) is 0 Å². The second-order valence-electron chi connectivity index (χ2n) is 9.86. The van der Waals surface area contributed by atoms with Crippen molar-refractivity contribution in [2.45, 2.75) is 85.6 Å². The Labute approximate surface area is 143 Å². The van der Waals surface area contributed by atoms with Crippen LogP contribution in [0.15, 0.2) is 35.6 Å². The van der Waals surface area contributed by atoms with Gasteiger partial charge in [-0.05, 0) is 66.9 Å². The summed E-state index contributed by atoms with van der Waals surface area (Å²) in [6.45, 7) is 14.5. The number of hydrogen-bond acceptors (Lipinski definition) is 1. The summed E-state index contributed by atoms with van der Waals surface area (Å²) < 4.78 is 0. The molecule has 1 nitrogen and oxygen atoms in total. The zero-order chi connectivity index (χ0) is 16.9. The van der Waals surface area contributed by atoms with E-state index in [1.54, 1.807) is 5.57 Å². The monoisotopic (exact) mass is 313 g/mol. The molecule has 2 unspecified atom stereocenters. The Kier molecular flexibility index (Phi) is 3.86. The fraction of sp³-hybridized carbons (Fsp3) is 0.727. The topological polar surface area (TPSA) is 12.0 Å². The first-order valence-corrected chi connectivity index (χ1v) is 9.49. The molecule has 0 radical (unpaired) electrons. The highest BCUT2D eigenvalue weighted by Crippen LogP contribution is 2.52. The van der Waals surface area contributed by atoms with Crippen LogP contribution in [-0.4, -0.2) is 5.54 Å². The van der Waals surface area contributed by atoms with Crippen LogP contribution in [0.5, 0.6) is 0 Å². The summed E-state index contributed by atoms with van der Waals surface area (Å²) in [7, 11) is 0. The van der Waals surface area contributed by atoms with Gasteiger partial charge in [0.25, 0.3) is 0 Å². The summed E-state index contributed by atoms with van der Waals surface area (Å²) in [5.41, 5.74) is 4.03. The van der Waals surface area contributed by atoms with E-state index in [0.717, 1.165) is 0 Å². The number of allylic oxidation sites excluding steroid dienone is 4. The first-order chi connectivity index (χ1) is 10.6. The molecule has 3 aliphatic rings. The molecule has 1 fully saturated rings. The summed E-state index contributed by atoms with van der Waals surface area (Å²) in [4.78, 5) is 0. The summed E-state index contributed by atoms with van der Waals surface area (Å²) in [6, 6.07) is 0. The van der Waals surface area contributed by atoms with Crippen LogP contribution in [0.1, 0.15) is 80.1 Å². The molecule has 0 saturated heterocycles. The molecule has 0 amide bonds. The maximum absolute atomic E-state index is 3.81. The van der Waals surface area contributed by atoms with Crippen LogP contribution in [0.2, 0.25) is 0 Å². The van der Waals surface area contributed by atoms with E-state index in [1.807, 2.05) is 0 Å². The lowest BCUT2D eigenvalue weighted by molar-refractivity contribution is 0.120. The molecule has 1 saturated carbocycles. The zero-order valence-electron chi connectivity index (χ0n) is 16.1. The Hall–Kier alpha value is -0.980. The normalized spacial score (nSPS) is 41.5. The van der Waals surface area contributed by atoms with Crippen LogP contribution < -0.4 is 5.32 Å². The Morgan fingerprint density at radius 3 is 1.96 bits per heavy atom. The van der Waals surface area contributed by atoms with Crippen LogP contribution in [-0.2, 0) is 0 Å². The zero-order valence-corrected chi connectivity index (χ0v) is 16.1. The first kappa shape index (κ1) is 16.9. The molecule has 0 aromatic carbocycles. The predicted octanol–water partition coefficient (Wildman–Crippen LogP) is 6.14. The van der Waals surface area contributed by atoms with Crippen molar-refractivity contribution < 1.29 is 0 Å². The van der Waals surface area contributed by atoms with Gasteiger partial charge in [0.15, 0.2) is 0 Å². The summed E-state index contributed by atoms with van der Waals surface area (Å²) >= 11 is 0. The predicted molar refractivity (Wildman–Crippen MR) is 100 cm³/mol. The van der Waals surface area contributed by atoms with Gasteiger partial charge in [0.05, 0.1) is 0 Å². The van der Waals surface area contributed by atoms with Crippen molar-refractivity contribution in [3.05, 3.63) is 35.6 Å². The van der Waals surface area contributed by atoms with E-state index in [0.29, 0.717) is 0 Å². The molecular weight excluding hydrogens is 278 g/mol. The number of fused-ring (bicyclic) bond motifs is 1. The Morgan fingerprint density at radius 2 is 1.30 bits per heavy atom. The van der Waals surface area contributed by atoms with E-state index in [9.17, 15) is 0 Å². The van der Waals surface area contributed by atoms with Gasteiger partial charge in [-0.2, -0.15) is 0 Å². The van der Waals surface area contributed by atoms with Gasteiger partial charge in [0.2, 0.25) is 0 Å². The third-order valence-electron chi connectivity index (χ3n) is 7.28. The summed E-state index contributed by atoms with van der Waals surface area (Å²) in [6.07, 6.45) is 17.5. The molecule has 2 atom stereocenters. The van der Waals surface area contributed by atoms with E-state index >= 15 is 0 Å². The van der Waals surface area contributed by atoms with Crippen molar-refractivity contribution in [2.24, 2.45) is 16.2 Å². The molecule has 0 aromatic heterocycles. The van der Waals surface area contributed by atoms with Crippen LogP contribution in [0.3, 0.4) is 0 Å². The number of nitrogens with one attached hydrogen (secondary N) is 1. The minimum Gasteiger partial charge on any atom is -0.385 e. The van der Waals surface area contributed by atoms with Crippen LogP contribution in [0.4, 0.5) is 0 Å². The largest absolute Gasteiger partial charge is 0.385 e. The number of rotatable bonds is 0. The molecule has 2 aliphatic carbocycles. The van der Waals surface area contributed by atoms with Gasteiger partial charge in [0.1, 0.15) is 0 Å². The standard InChI is InChI=1S/C22H35N/c1-19(2)14-15-20(3,4)18-10-16-23-22(6)12-8-7-11-21(22,5)13-9-17(18)19/h9-10,13,16,23H,7-8,11-12,14-15H2,1-6H3/b13-9+,16-10+. The Bertz CT molecular complexity index is 575. The van der Waals surface area contributed by atoms with Crippen molar-refractivity contribution in [3.8, 4) is 0 Å². The third kappa shape index (κ3) is 2.71. The molecule has 23 heavy (non-hydrogen) atoms. The molecule has 1 aliphatic heterocycles. The van der Waals surface area contributed by atoms with Gasteiger partial charge < -0.3 is 5.32 Å². The van der Waals surface area contributed by atoms with Gasteiger partial charge in [-0.3, -0.25) is 0 Å². The van der Waals surface area contributed by atoms with Crippen LogP contribution >= 0.6 is 0 Å². The average Bonchev–Trinajstić information content (AvgIpc) is 2.51. The fourth-order valence-electron chi connectivity index (χ4n) is 4.87. The minimum atomic E-state index is 0.168. The van der Waals surface area contributed by atoms with Crippen molar-refractivity contribution in [1.82, 2.24) is 5.32 Å². The van der Waals surface area contributed by atoms with Crippen molar-refractivity contribution in [2.75, 3.05) is 0 Å². The maximum atomic E-state index is 3.81. The van der Waals surface area contributed by atoms with Gasteiger partial charge in [-0.1, -0.05) is 59.6 Å². The minimum absolute atomic E-state index is 0.168. The quantitative estimate of drug-likeness (QED) is 0.566. The highest BCUT2D eigenvalue weighted by atomic mass is 15.0. The molecule has 1 N–H and O–H groups in total. The molecular formula is C22H35N. The fourth-order valence-corrected chi connectivity index (χ4v) is 4.87. The molecule has 0 spiro atoms. The highest BCUT2D eigenvalue weighted by molar-refractivity contribution is 5.44. The smallest absolute Gasteiger partial charge is 0.0428 e. The van der Waals surface area contributed by atoms with Crippen LogP contribution in [0, 0.1) is 16.2 Å². The Balaban J connectivity index is 2.14. The lowest BCUT2D eigenvalue weighted by Crippen LogP contribution is -2.54. The molecule has 1 heterocycles. The van der Waals surface area contributed by atoms with E-state index < -0.39 is 0 Å². The molecule has 128 valence electrons. The van der Waals surface area contributed by atoms with E-state index in [4.69, 9.17) is 0 Å². The Morgan fingerprint density at radius 1 is 0.739 bits per heavy atom. The van der Waals surface area contributed by atoms with E-state index in [1.165, 1.54) is 44.1 Å². The van der Waals surface area contributed by atoms with Gasteiger partial charge in [0, 0.05) is 11.0 Å². The van der Waals surface area contributed by atoms with Crippen molar-refractivity contribution in [1.29, 1.82) is 0 Å².